The number of thiol groups is 1. The van der Waals surface area contributed by atoms with E-state index in [9.17, 15) is 19.7 Å². The average molecular weight is 236 g/mol. The molecule has 0 bridgehead atoms. The molecule has 0 saturated carbocycles. The third-order valence-electron chi connectivity index (χ3n) is 1.66. The number of carboxylic acid groups (broad SMARTS) is 1. The highest BCUT2D eigenvalue weighted by Crippen LogP contribution is 1.97. The van der Waals surface area contributed by atoms with Crippen LogP contribution in [0.15, 0.2) is 0 Å². The molecule has 0 aromatic heterocycles. The van der Waals surface area contributed by atoms with Crippen molar-refractivity contribution in [1.82, 2.24) is 5.32 Å². The van der Waals surface area contributed by atoms with Gasteiger partial charge in [0.25, 0.3) is 0 Å². The van der Waals surface area contributed by atoms with Gasteiger partial charge in [0.2, 0.25) is 11.9 Å². The normalized spacial score (nSPS) is 14.0. The first-order valence-corrected chi connectivity index (χ1v) is 4.78. The van der Waals surface area contributed by atoms with Gasteiger partial charge in [-0.05, 0) is 0 Å². The zero-order chi connectivity index (χ0) is 12.0. The predicted octanol–water partition coefficient (Wildman–Crippen LogP) is -0.459. The molecule has 0 aliphatic heterocycles. The Bertz CT molecular complexity index is 270. The van der Waals surface area contributed by atoms with E-state index in [2.05, 4.69) is 17.9 Å². The van der Waals surface area contributed by atoms with E-state index in [1.54, 1.807) is 0 Å². The van der Waals surface area contributed by atoms with E-state index in [-0.39, 0.29) is 12.2 Å². The van der Waals surface area contributed by atoms with Gasteiger partial charge in [0, 0.05) is 17.6 Å². The van der Waals surface area contributed by atoms with Gasteiger partial charge >= 0.3 is 5.97 Å². The summed E-state index contributed by atoms with van der Waals surface area (Å²) >= 11 is 3.73. The van der Waals surface area contributed by atoms with Crippen LogP contribution in [-0.2, 0) is 9.59 Å². The maximum absolute atomic E-state index is 11.1. The summed E-state index contributed by atoms with van der Waals surface area (Å²) in [5.74, 6) is -1.94. The maximum Gasteiger partial charge on any atom is 0.327 e. The van der Waals surface area contributed by atoms with Crippen LogP contribution in [0.4, 0.5) is 0 Å². The average Bonchev–Trinajstić information content (AvgIpc) is 2.13. The molecule has 15 heavy (non-hydrogen) atoms. The van der Waals surface area contributed by atoms with E-state index in [1.807, 2.05) is 0 Å². The molecule has 0 spiro atoms. The lowest BCUT2D eigenvalue weighted by Crippen LogP contribution is -2.43. The van der Waals surface area contributed by atoms with Crippen LogP contribution in [0.2, 0.25) is 0 Å². The van der Waals surface area contributed by atoms with Crippen molar-refractivity contribution in [2.24, 2.45) is 0 Å². The fraction of sp³-hybridized carbons (Fsp3) is 0.714. The summed E-state index contributed by atoms with van der Waals surface area (Å²) < 4.78 is 0. The Morgan fingerprint density at radius 2 is 2.13 bits per heavy atom. The molecule has 0 aromatic rings. The minimum absolute atomic E-state index is 0.0616. The van der Waals surface area contributed by atoms with Gasteiger partial charge < -0.3 is 10.4 Å². The highest BCUT2D eigenvalue weighted by molar-refractivity contribution is 7.80. The molecule has 0 aliphatic rings. The second-order valence-corrected chi connectivity index (χ2v) is 3.34. The monoisotopic (exact) mass is 236 g/mol. The van der Waals surface area contributed by atoms with Crippen LogP contribution in [0, 0.1) is 10.1 Å². The van der Waals surface area contributed by atoms with Crippen molar-refractivity contribution >= 4 is 24.5 Å². The van der Waals surface area contributed by atoms with E-state index in [4.69, 9.17) is 5.11 Å². The molecule has 0 radical (unpaired) electrons. The van der Waals surface area contributed by atoms with Crippen LogP contribution in [0.25, 0.3) is 0 Å². The number of rotatable bonds is 6. The Hall–Kier alpha value is -1.31. The number of hydrogen-bond acceptors (Lipinski definition) is 5. The summed E-state index contributed by atoms with van der Waals surface area (Å²) in [5.41, 5.74) is 0. The highest BCUT2D eigenvalue weighted by atomic mass is 32.1. The van der Waals surface area contributed by atoms with Gasteiger partial charge in [-0.15, -0.1) is 0 Å². The quantitative estimate of drug-likeness (QED) is 0.328. The highest BCUT2D eigenvalue weighted by Gasteiger charge is 2.22. The summed E-state index contributed by atoms with van der Waals surface area (Å²) in [5, 5.41) is 20.9. The molecular weight excluding hydrogens is 224 g/mol. The molecule has 0 saturated heterocycles. The first kappa shape index (κ1) is 13.7. The van der Waals surface area contributed by atoms with Gasteiger partial charge in [-0.2, -0.15) is 12.6 Å². The third kappa shape index (κ3) is 5.21. The molecular formula is C7H12N2O5S. The molecule has 0 aromatic carbocycles. The molecule has 2 atom stereocenters. The first-order chi connectivity index (χ1) is 6.88. The molecule has 0 aliphatic carbocycles. The summed E-state index contributed by atoms with van der Waals surface area (Å²) in [7, 11) is 0. The topological polar surface area (TPSA) is 110 Å². The summed E-state index contributed by atoms with van der Waals surface area (Å²) in [6, 6.07) is -2.14. The van der Waals surface area contributed by atoms with Crippen molar-refractivity contribution in [3.8, 4) is 0 Å². The van der Waals surface area contributed by atoms with Crippen LogP contribution in [-0.4, -0.2) is 39.7 Å². The largest absolute Gasteiger partial charge is 0.480 e. The number of carbonyl (C=O) groups is 2. The Labute approximate surface area is 91.4 Å². The molecule has 86 valence electrons. The number of carbonyl (C=O) groups excluding carboxylic acids is 1. The van der Waals surface area contributed by atoms with Crippen molar-refractivity contribution < 1.29 is 19.6 Å². The van der Waals surface area contributed by atoms with Crippen LogP contribution >= 0.6 is 12.6 Å². The van der Waals surface area contributed by atoms with Gasteiger partial charge in [0.05, 0.1) is 6.42 Å². The smallest absolute Gasteiger partial charge is 0.327 e. The fourth-order valence-electron chi connectivity index (χ4n) is 0.782. The lowest BCUT2D eigenvalue weighted by atomic mass is 10.2. The van der Waals surface area contributed by atoms with Crippen LogP contribution in [0.1, 0.15) is 13.3 Å². The van der Waals surface area contributed by atoms with E-state index < -0.39 is 28.9 Å². The van der Waals surface area contributed by atoms with E-state index >= 15 is 0 Å². The molecule has 0 rings (SSSR count). The Kier molecular flexibility index (Phi) is 5.68. The molecule has 7 nitrogen and oxygen atoms in total. The second-order valence-electron chi connectivity index (χ2n) is 2.98. The van der Waals surface area contributed by atoms with Gasteiger partial charge in [-0.25, -0.2) is 4.79 Å². The molecule has 0 fully saturated rings. The number of nitro groups is 1. The van der Waals surface area contributed by atoms with E-state index in [1.165, 1.54) is 6.92 Å². The zero-order valence-corrected chi connectivity index (χ0v) is 8.94. The van der Waals surface area contributed by atoms with Crippen LogP contribution in [0.5, 0.6) is 0 Å². The van der Waals surface area contributed by atoms with Crippen molar-refractivity contribution in [3.05, 3.63) is 10.1 Å². The Balaban J connectivity index is 4.13. The van der Waals surface area contributed by atoms with Gasteiger partial charge in [0.15, 0.2) is 0 Å². The molecule has 2 N–H and O–H groups in total. The lowest BCUT2D eigenvalue weighted by molar-refractivity contribution is -0.516. The van der Waals surface area contributed by atoms with Crippen LogP contribution < -0.4 is 5.32 Å². The number of carboxylic acids is 1. The number of nitrogens with one attached hydrogen (secondary N) is 1. The van der Waals surface area contributed by atoms with Crippen molar-refractivity contribution in [2.45, 2.75) is 25.4 Å². The van der Waals surface area contributed by atoms with Gasteiger partial charge in [-0.3, -0.25) is 14.9 Å². The molecule has 1 amide bonds. The second kappa shape index (κ2) is 6.23. The number of nitrogens with zero attached hydrogens (tertiary/aromatic N) is 1. The van der Waals surface area contributed by atoms with E-state index in [0.717, 1.165) is 0 Å². The number of amides is 1. The standard InChI is InChI=1S/C7H12N2O5S/c1-4(9(13)14)2-6(10)8-5(3-15)7(11)12/h4-5,15H,2-3H2,1H3,(H,8,10)(H,11,12)/t4?,5-/m0/s1. The lowest BCUT2D eigenvalue weighted by Gasteiger charge is -2.11. The predicted molar refractivity (Wildman–Crippen MR) is 54.5 cm³/mol. The Morgan fingerprint density at radius 1 is 1.60 bits per heavy atom. The third-order valence-corrected chi connectivity index (χ3v) is 2.02. The van der Waals surface area contributed by atoms with Gasteiger partial charge in [0.1, 0.15) is 6.04 Å². The van der Waals surface area contributed by atoms with Crippen molar-refractivity contribution in [3.63, 3.8) is 0 Å². The minimum Gasteiger partial charge on any atom is -0.480 e. The minimum atomic E-state index is -1.22. The van der Waals surface area contributed by atoms with E-state index in [0.29, 0.717) is 0 Å². The van der Waals surface area contributed by atoms with Crippen molar-refractivity contribution in [2.75, 3.05) is 5.75 Å². The summed E-state index contributed by atoms with van der Waals surface area (Å²) in [4.78, 5) is 31.2. The molecule has 1 unspecified atom stereocenters. The number of aliphatic carboxylic acids is 1. The number of hydrogen-bond donors (Lipinski definition) is 3. The van der Waals surface area contributed by atoms with Crippen molar-refractivity contribution in [1.29, 1.82) is 0 Å². The molecule has 8 heteroatoms. The molecule has 0 heterocycles. The first-order valence-electron chi connectivity index (χ1n) is 4.15. The maximum atomic E-state index is 11.1. The van der Waals surface area contributed by atoms with Gasteiger partial charge in [-0.1, -0.05) is 0 Å². The SMILES string of the molecule is CC(CC(=O)N[C@@H](CS)C(=O)O)[N+](=O)[O-]. The fourth-order valence-corrected chi connectivity index (χ4v) is 1.03. The zero-order valence-electron chi connectivity index (χ0n) is 8.04. The Morgan fingerprint density at radius 3 is 2.47 bits per heavy atom. The van der Waals surface area contributed by atoms with Crippen LogP contribution in [0.3, 0.4) is 0 Å². The summed E-state index contributed by atoms with van der Waals surface area (Å²) in [6.45, 7) is 1.27. The summed E-state index contributed by atoms with van der Waals surface area (Å²) in [6.07, 6.45) is -0.343.